The van der Waals surface area contributed by atoms with Crippen LogP contribution in [0, 0.1) is 5.92 Å². The Kier molecular flexibility index (Phi) is 4.97. The van der Waals surface area contributed by atoms with E-state index in [9.17, 15) is 13.9 Å². The Balaban J connectivity index is 2.29. The lowest BCUT2D eigenvalue weighted by atomic mass is 9.87. The summed E-state index contributed by atoms with van der Waals surface area (Å²) < 4.78 is 26.1. The molecule has 0 amide bonds. The molecule has 0 unspecified atom stereocenters. The average Bonchev–Trinajstić information content (AvgIpc) is 2.41. The first kappa shape index (κ1) is 15.2. The van der Waals surface area contributed by atoms with E-state index >= 15 is 0 Å². The number of phenols is 1. The quantitative estimate of drug-likeness (QED) is 0.875. The first-order valence-electron chi connectivity index (χ1n) is 7.33. The Bertz CT molecular complexity index is 454. The molecule has 0 radical (unpaired) electrons. The van der Waals surface area contributed by atoms with E-state index in [1.807, 2.05) is 19.9 Å². The minimum absolute atomic E-state index is 0.180. The van der Waals surface area contributed by atoms with Gasteiger partial charge in [-0.2, -0.15) is 0 Å². The number of halogens is 2. The van der Waals surface area contributed by atoms with E-state index in [1.165, 1.54) is 6.07 Å². The third-order valence-electron chi connectivity index (χ3n) is 4.11. The maximum atomic E-state index is 13.1. The highest BCUT2D eigenvalue weighted by atomic mass is 19.3. The Morgan fingerprint density at radius 3 is 2.45 bits per heavy atom. The van der Waals surface area contributed by atoms with Crippen LogP contribution in [0.3, 0.4) is 0 Å². The van der Waals surface area contributed by atoms with Crippen molar-refractivity contribution in [3.8, 4) is 5.75 Å². The zero-order valence-electron chi connectivity index (χ0n) is 12.1. The number of piperidine rings is 1. The van der Waals surface area contributed by atoms with Crippen molar-refractivity contribution in [2.75, 3.05) is 13.1 Å². The van der Waals surface area contributed by atoms with Gasteiger partial charge in [-0.1, -0.05) is 19.9 Å². The van der Waals surface area contributed by atoms with Crippen LogP contribution in [0.4, 0.5) is 8.78 Å². The van der Waals surface area contributed by atoms with Crippen LogP contribution < -0.4 is 5.32 Å². The van der Waals surface area contributed by atoms with Crippen molar-refractivity contribution >= 4 is 0 Å². The minimum Gasteiger partial charge on any atom is -0.507 e. The van der Waals surface area contributed by atoms with Gasteiger partial charge in [-0.3, -0.25) is 0 Å². The lowest BCUT2D eigenvalue weighted by molar-refractivity contribution is 0.147. The molecule has 2 rings (SSSR count). The second kappa shape index (κ2) is 6.53. The summed E-state index contributed by atoms with van der Waals surface area (Å²) in [4.78, 5) is 0. The van der Waals surface area contributed by atoms with Gasteiger partial charge in [0.15, 0.2) is 0 Å². The monoisotopic (exact) mass is 283 g/mol. The van der Waals surface area contributed by atoms with Crippen LogP contribution in [0.1, 0.15) is 55.7 Å². The minimum atomic E-state index is -2.62. The molecule has 1 heterocycles. The van der Waals surface area contributed by atoms with Gasteiger partial charge in [0.25, 0.3) is 6.43 Å². The second-order valence-electron chi connectivity index (χ2n) is 5.97. The number of phenolic OH excluding ortho intramolecular Hbond substituents is 1. The second-order valence-corrected chi connectivity index (χ2v) is 5.97. The number of alkyl halides is 2. The summed E-state index contributed by atoms with van der Waals surface area (Å²) >= 11 is 0. The molecular weight excluding hydrogens is 260 g/mol. The predicted molar refractivity (Wildman–Crippen MR) is 76.5 cm³/mol. The molecule has 0 bridgehead atoms. The zero-order valence-corrected chi connectivity index (χ0v) is 12.1. The van der Waals surface area contributed by atoms with Gasteiger partial charge in [0.2, 0.25) is 0 Å². The van der Waals surface area contributed by atoms with Crippen LogP contribution in [0.25, 0.3) is 0 Å². The van der Waals surface area contributed by atoms with Gasteiger partial charge in [-0.15, -0.1) is 0 Å². The summed E-state index contributed by atoms with van der Waals surface area (Å²) in [6.07, 6.45) is 0.138. The number of hydrogen-bond acceptors (Lipinski definition) is 2. The van der Waals surface area contributed by atoms with Crippen molar-refractivity contribution in [2.45, 2.75) is 45.5 Å². The largest absolute Gasteiger partial charge is 0.507 e. The van der Waals surface area contributed by atoms with Crippen molar-refractivity contribution in [2.24, 2.45) is 5.92 Å². The van der Waals surface area contributed by atoms with E-state index in [2.05, 4.69) is 5.32 Å². The van der Waals surface area contributed by atoms with Crippen molar-refractivity contribution in [3.63, 3.8) is 0 Å². The SMILES string of the molecule is CC(C)c1cc(CC2CCNCC2)c(O)c(C(F)F)c1. The van der Waals surface area contributed by atoms with Gasteiger partial charge in [0.05, 0.1) is 5.56 Å². The molecule has 1 aliphatic heterocycles. The molecule has 20 heavy (non-hydrogen) atoms. The van der Waals surface area contributed by atoms with Crippen LogP contribution in [-0.4, -0.2) is 18.2 Å². The third kappa shape index (κ3) is 3.48. The molecule has 1 saturated heterocycles. The predicted octanol–water partition coefficient (Wildman–Crippen LogP) is 4.00. The molecule has 1 aromatic rings. The highest BCUT2D eigenvalue weighted by Crippen LogP contribution is 2.36. The lowest BCUT2D eigenvalue weighted by Gasteiger charge is -2.24. The smallest absolute Gasteiger partial charge is 0.267 e. The molecule has 1 fully saturated rings. The van der Waals surface area contributed by atoms with Crippen LogP contribution >= 0.6 is 0 Å². The van der Waals surface area contributed by atoms with E-state index in [1.54, 1.807) is 0 Å². The molecule has 2 N–H and O–H groups in total. The van der Waals surface area contributed by atoms with E-state index < -0.39 is 6.43 Å². The Hall–Kier alpha value is -1.16. The normalized spacial score (nSPS) is 17.1. The summed E-state index contributed by atoms with van der Waals surface area (Å²) in [6.45, 7) is 5.90. The summed E-state index contributed by atoms with van der Waals surface area (Å²) in [5.74, 6) is 0.442. The lowest BCUT2D eigenvalue weighted by Crippen LogP contribution is -2.28. The fourth-order valence-electron chi connectivity index (χ4n) is 2.80. The van der Waals surface area contributed by atoms with Crippen LogP contribution in [-0.2, 0) is 6.42 Å². The maximum absolute atomic E-state index is 13.1. The summed E-state index contributed by atoms with van der Waals surface area (Å²) in [7, 11) is 0. The topological polar surface area (TPSA) is 32.3 Å². The molecule has 0 saturated carbocycles. The van der Waals surface area contributed by atoms with E-state index in [-0.39, 0.29) is 17.2 Å². The van der Waals surface area contributed by atoms with Gasteiger partial charge >= 0.3 is 0 Å². The first-order valence-corrected chi connectivity index (χ1v) is 7.33. The molecule has 112 valence electrons. The first-order chi connectivity index (χ1) is 9.49. The van der Waals surface area contributed by atoms with Crippen LogP contribution in [0.15, 0.2) is 12.1 Å². The van der Waals surface area contributed by atoms with Crippen molar-refractivity contribution in [3.05, 3.63) is 28.8 Å². The van der Waals surface area contributed by atoms with E-state index in [0.717, 1.165) is 31.5 Å². The summed E-state index contributed by atoms with van der Waals surface area (Å²) in [5.41, 5.74) is 1.33. The number of aromatic hydroxyl groups is 1. The molecule has 4 heteroatoms. The standard InChI is InChI=1S/C16H23F2NO/c1-10(2)12-8-13(7-11-3-5-19-6-4-11)15(20)14(9-12)16(17)18/h8-11,16,19-20H,3-7H2,1-2H3. The van der Waals surface area contributed by atoms with Gasteiger partial charge < -0.3 is 10.4 Å². The summed E-state index contributed by atoms with van der Waals surface area (Å²) in [6, 6.07) is 3.34. The number of rotatable bonds is 4. The molecule has 0 atom stereocenters. The number of nitrogens with one attached hydrogen (secondary N) is 1. The van der Waals surface area contributed by atoms with Gasteiger partial charge in [0.1, 0.15) is 5.75 Å². The zero-order chi connectivity index (χ0) is 14.7. The number of hydrogen-bond donors (Lipinski definition) is 2. The van der Waals surface area contributed by atoms with Crippen LogP contribution in [0.5, 0.6) is 5.75 Å². The average molecular weight is 283 g/mol. The van der Waals surface area contributed by atoms with Gasteiger partial charge in [-0.05, 0) is 61.4 Å². The maximum Gasteiger partial charge on any atom is 0.267 e. The molecule has 1 aromatic carbocycles. The van der Waals surface area contributed by atoms with Gasteiger partial charge in [0, 0.05) is 0 Å². The summed E-state index contributed by atoms with van der Waals surface area (Å²) in [5, 5.41) is 13.4. The molecular formula is C16H23F2NO. The Morgan fingerprint density at radius 1 is 1.25 bits per heavy atom. The van der Waals surface area contributed by atoms with Crippen molar-refractivity contribution in [1.82, 2.24) is 5.32 Å². The molecule has 0 spiro atoms. The van der Waals surface area contributed by atoms with E-state index in [4.69, 9.17) is 0 Å². The van der Waals surface area contributed by atoms with Crippen molar-refractivity contribution in [1.29, 1.82) is 0 Å². The fourth-order valence-corrected chi connectivity index (χ4v) is 2.80. The molecule has 0 aromatic heterocycles. The molecule has 2 nitrogen and oxygen atoms in total. The van der Waals surface area contributed by atoms with Gasteiger partial charge in [-0.25, -0.2) is 8.78 Å². The highest BCUT2D eigenvalue weighted by Gasteiger charge is 2.21. The Labute approximate surface area is 119 Å². The third-order valence-corrected chi connectivity index (χ3v) is 4.11. The molecule has 1 aliphatic rings. The highest BCUT2D eigenvalue weighted by molar-refractivity contribution is 5.45. The van der Waals surface area contributed by atoms with E-state index in [0.29, 0.717) is 17.9 Å². The van der Waals surface area contributed by atoms with Crippen LogP contribution in [0.2, 0.25) is 0 Å². The molecule has 0 aliphatic carbocycles. The fraction of sp³-hybridized carbons (Fsp3) is 0.625. The van der Waals surface area contributed by atoms with Crippen molar-refractivity contribution < 1.29 is 13.9 Å². The number of benzene rings is 1. The Morgan fingerprint density at radius 2 is 1.90 bits per heavy atom.